The van der Waals surface area contributed by atoms with E-state index < -0.39 is 0 Å². The van der Waals surface area contributed by atoms with E-state index in [2.05, 4.69) is 24.5 Å². The molecule has 0 aliphatic heterocycles. The molecule has 5 heteroatoms. The lowest BCUT2D eigenvalue weighted by molar-refractivity contribution is -0.122. The Morgan fingerprint density at radius 3 is 2.60 bits per heavy atom. The van der Waals surface area contributed by atoms with Crippen LogP contribution >= 0.6 is 12.2 Å². The van der Waals surface area contributed by atoms with Gasteiger partial charge in [-0.3, -0.25) is 4.79 Å². The molecule has 0 saturated heterocycles. The topological polar surface area (TPSA) is 50.4 Å². The number of hydrogen-bond donors (Lipinski definition) is 2. The number of carbonyl (C=O) groups excluding carboxylic acids is 1. The molecule has 1 amide bonds. The fourth-order valence-corrected chi connectivity index (χ4v) is 1.56. The molecule has 110 valence electrons. The smallest absolute Gasteiger partial charge is 0.228 e. The van der Waals surface area contributed by atoms with Crippen LogP contribution in [0, 0.1) is 11.8 Å². The maximum absolute atomic E-state index is 11.5. The van der Waals surface area contributed by atoms with Crippen LogP contribution < -0.4 is 15.4 Å². The number of carbonyl (C=O) groups is 1. The Kier molecular flexibility index (Phi) is 6.45. The van der Waals surface area contributed by atoms with Crippen LogP contribution in [0.5, 0.6) is 5.75 Å². The van der Waals surface area contributed by atoms with Gasteiger partial charge >= 0.3 is 0 Å². The van der Waals surface area contributed by atoms with E-state index in [-0.39, 0.29) is 11.8 Å². The molecule has 2 N–H and O–H groups in total. The molecule has 20 heavy (non-hydrogen) atoms. The summed E-state index contributed by atoms with van der Waals surface area (Å²) >= 11 is 5.10. The number of anilines is 1. The maximum atomic E-state index is 11.5. The predicted octanol–water partition coefficient (Wildman–Crippen LogP) is 3.19. The molecule has 0 heterocycles. The van der Waals surface area contributed by atoms with Crippen LogP contribution in [0.4, 0.5) is 5.69 Å². The van der Waals surface area contributed by atoms with E-state index >= 15 is 0 Å². The van der Waals surface area contributed by atoms with Crippen LogP contribution in [0.25, 0.3) is 0 Å². The number of thiocarbonyl (C=S) groups is 1. The van der Waals surface area contributed by atoms with Gasteiger partial charge in [-0.25, -0.2) is 0 Å². The minimum absolute atomic E-state index is 0.101. The third kappa shape index (κ3) is 6.02. The van der Waals surface area contributed by atoms with Crippen molar-refractivity contribution in [2.75, 3.05) is 11.9 Å². The average Bonchev–Trinajstić information content (AvgIpc) is 2.36. The van der Waals surface area contributed by atoms with Gasteiger partial charge in [0.1, 0.15) is 5.75 Å². The molecule has 0 unspecified atom stereocenters. The standard InChI is InChI=1S/C15H22N2O2S/c1-10(2)9-19-13-7-5-6-12(8-13)16-15(20)17-14(18)11(3)4/h5-8,10-11H,9H2,1-4H3,(H2,16,17,18,20). The SMILES string of the molecule is CC(C)COc1cccc(NC(=S)NC(=O)C(C)C)c1. The summed E-state index contributed by atoms with van der Waals surface area (Å²) in [5, 5.41) is 5.91. The predicted molar refractivity (Wildman–Crippen MR) is 86.0 cm³/mol. The van der Waals surface area contributed by atoms with Gasteiger partial charge in [-0.2, -0.15) is 0 Å². The normalized spacial score (nSPS) is 10.5. The second-order valence-electron chi connectivity index (χ2n) is 5.33. The first-order valence-electron chi connectivity index (χ1n) is 6.73. The van der Waals surface area contributed by atoms with Crippen molar-refractivity contribution >= 4 is 28.9 Å². The zero-order chi connectivity index (χ0) is 15.1. The van der Waals surface area contributed by atoms with Gasteiger partial charge in [0.2, 0.25) is 5.91 Å². The second-order valence-corrected chi connectivity index (χ2v) is 5.74. The highest BCUT2D eigenvalue weighted by Gasteiger charge is 2.09. The van der Waals surface area contributed by atoms with Crippen LogP contribution in [-0.4, -0.2) is 17.6 Å². The Balaban J connectivity index is 2.57. The van der Waals surface area contributed by atoms with E-state index in [0.29, 0.717) is 17.6 Å². The lowest BCUT2D eigenvalue weighted by Gasteiger charge is -2.13. The minimum Gasteiger partial charge on any atom is -0.493 e. The zero-order valence-electron chi connectivity index (χ0n) is 12.4. The molecule has 0 bridgehead atoms. The summed E-state index contributed by atoms with van der Waals surface area (Å²) in [5.74, 6) is 1.05. The molecule has 0 aliphatic rings. The van der Waals surface area contributed by atoms with Gasteiger partial charge in [-0.1, -0.05) is 33.8 Å². The molecular weight excluding hydrogens is 272 g/mol. The van der Waals surface area contributed by atoms with Crippen LogP contribution in [0.15, 0.2) is 24.3 Å². The summed E-state index contributed by atoms with van der Waals surface area (Å²) in [5.41, 5.74) is 0.792. The monoisotopic (exact) mass is 294 g/mol. The van der Waals surface area contributed by atoms with Crippen molar-refractivity contribution in [1.82, 2.24) is 5.32 Å². The lowest BCUT2D eigenvalue weighted by atomic mass is 10.2. The number of nitrogens with one attached hydrogen (secondary N) is 2. The molecule has 1 aromatic carbocycles. The Bertz CT molecular complexity index is 473. The summed E-state index contributed by atoms with van der Waals surface area (Å²) in [6, 6.07) is 7.50. The molecule has 4 nitrogen and oxygen atoms in total. The molecule has 0 radical (unpaired) electrons. The van der Waals surface area contributed by atoms with Crippen LogP contribution in [0.2, 0.25) is 0 Å². The Morgan fingerprint density at radius 2 is 2.00 bits per heavy atom. The fourth-order valence-electron chi connectivity index (χ4n) is 1.35. The van der Waals surface area contributed by atoms with Crippen molar-refractivity contribution in [3.05, 3.63) is 24.3 Å². The molecule has 1 rings (SSSR count). The van der Waals surface area contributed by atoms with Crippen LogP contribution in [0.3, 0.4) is 0 Å². The molecule has 0 atom stereocenters. The fraction of sp³-hybridized carbons (Fsp3) is 0.467. The quantitative estimate of drug-likeness (QED) is 0.819. The lowest BCUT2D eigenvalue weighted by Crippen LogP contribution is -2.36. The first-order chi connectivity index (χ1) is 9.38. The molecule has 0 saturated carbocycles. The van der Waals surface area contributed by atoms with Crippen molar-refractivity contribution in [3.63, 3.8) is 0 Å². The highest BCUT2D eigenvalue weighted by molar-refractivity contribution is 7.80. The second kappa shape index (κ2) is 7.85. The summed E-state index contributed by atoms with van der Waals surface area (Å²) in [4.78, 5) is 11.5. The van der Waals surface area contributed by atoms with Crippen LogP contribution in [0.1, 0.15) is 27.7 Å². The number of benzene rings is 1. The molecule has 1 aromatic rings. The van der Waals surface area contributed by atoms with Gasteiger partial charge in [-0.15, -0.1) is 0 Å². The Morgan fingerprint density at radius 1 is 1.30 bits per heavy atom. The third-order valence-corrected chi connectivity index (χ3v) is 2.64. The number of hydrogen-bond acceptors (Lipinski definition) is 3. The highest BCUT2D eigenvalue weighted by Crippen LogP contribution is 2.18. The van der Waals surface area contributed by atoms with Crippen molar-refractivity contribution in [2.45, 2.75) is 27.7 Å². The summed E-state index contributed by atoms with van der Waals surface area (Å²) in [6.07, 6.45) is 0. The first-order valence-corrected chi connectivity index (χ1v) is 7.14. The maximum Gasteiger partial charge on any atom is 0.228 e. The Labute approximate surface area is 125 Å². The van der Waals surface area contributed by atoms with E-state index in [0.717, 1.165) is 11.4 Å². The van der Waals surface area contributed by atoms with Crippen molar-refractivity contribution in [2.24, 2.45) is 11.8 Å². The summed E-state index contributed by atoms with van der Waals surface area (Å²) < 4.78 is 5.64. The van der Waals surface area contributed by atoms with Gasteiger partial charge in [0.25, 0.3) is 0 Å². The molecule has 0 aromatic heterocycles. The molecular formula is C15H22N2O2S. The van der Waals surface area contributed by atoms with Crippen LogP contribution in [-0.2, 0) is 4.79 Å². The Hall–Kier alpha value is -1.62. The third-order valence-electron chi connectivity index (χ3n) is 2.44. The van der Waals surface area contributed by atoms with Gasteiger partial charge in [-0.05, 0) is 30.3 Å². The molecule has 0 aliphatic carbocycles. The van der Waals surface area contributed by atoms with E-state index in [1.807, 2.05) is 38.1 Å². The van der Waals surface area contributed by atoms with Gasteiger partial charge in [0.15, 0.2) is 5.11 Å². The molecule has 0 spiro atoms. The average molecular weight is 294 g/mol. The summed E-state index contributed by atoms with van der Waals surface area (Å²) in [7, 11) is 0. The first kappa shape index (κ1) is 16.4. The van der Waals surface area contributed by atoms with Crippen molar-refractivity contribution < 1.29 is 9.53 Å². The number of ether oxygens (including phenoxy) is 1. The number of rotatable bonds is 5. The minimum atomic E-state index is -0.102. The van der Waals surface area contributed by atoms with Gasteiger partial charge < -0.3 is 15.4 Å². The molecule has 0 fully saturated rings. The summed E-state index contributed by atoms with van der Waals surface area (Å²) in [6.45, 7) is 8.49. The van der Waals surface area contributed by atoms with Crippen molar-refractivity contribution in [3.8, 4) is 5.75 Å². The number of amides is 1. The van der Waals surface area contributed by atoms with Gasteiger partial charge in [0, 0.05) is 17.7 Å². The van der Waals surface area contributed by atoms with Gasteiger partial charge in [0.05, 0.1) is 6.61 Å². The van der Waals surface area contributed by atoms with E-state index in [4.69, 9.17) is 17.0 Å². The largest absolute Gasteiger partial charge is 0.493 e. The highest BCUT2D eigenvalue weighted by atomic mass is 32.1. The zero-order valence-corrected chi connectivity index (χ0v) is 13.2. The van der Waals surface area contributed by atoms with E-state index in [1.165, 1.54) is 0 Å². The van der Waals surface area contributed by atoms with Crippen molar-refractivity contribution in [1.29, 1.82) is 0 Å². The van der Waals surface area contributed by atoms with E-state index in [9.17, 15) is 4.79 Å². The van der Waals surface area contributed by atoms with E-state index in [1.54, 1.807) is 0 Å².